The molecule has 0 aliphatic carbocycles. The summed E-state index contributed by atoms with van der Waals surface area (Å²) >= 11 is 6.15. The van der Waals surface area contributed by atoms with E-state index in [0.29, 0.717) is 29.2 Å². The van der Waals surface area contributed by atoms with Gasteiger partial charge in [0.05, 0.1) is 19.1 Å². The zero-order chi connectivity index (χ0) is 25.4. The van der Waals surface area contributed by atoms with Gasteiger partial charge in [0.2, 0.25) is 5.91 Å². The second-order valence-electron chi connectivity index (χ2n) is 9.37. The third-order valence-corrected chi connectivity index (χ3v) is 6.24. The molecule has 0 spiro atoms. The van der Waals surface area contributed by atoms with Gasteiger partial charge in [-0.2, -0.15) is 0 Å². The number of nitrogens with one attached hydrogen (secondary N) is 2. The summed E-state index contributed by atoms with van der Waals surface area (Å²) in [6.07, 6.45) is 0.178. The molecule has 0 saturated heterocycles. The average Bonchev–Trinajstić information content (AvgIpc) is 2.83. The summed E-state index contributed by atoms with van der Waals surface area (Å²) in [4.78, 5) is 12.3. The minimum Gasteiger partial charge on any atom is -0.508 e. The molecular weight excluding hydrogens is 464 g/mol. The molecule has 0 fully saturated rings. The zero-order valence-electron chi connectivity index (χ0n) is 20.1. The van der Waals surface area contributed by atoms with Crippen LogP contribution in [0, 0.1) is 0 Å². The van der Waals surface area contributed by atoms with Gasteiger partial charge in [0, 0.05) is 29.2 Å². The number of carbonyl (C=O) groups excluding carboxylic acids is 1. The number of benzene rings is 3. The number of aliphatic hydroxyl groups is 2. The van der Waals surface area contributed by atoms with E-state index in [9.17, 15) is 20.1 Å². The summed E-state index contributed by atoms with van der Waals surface area (Å²) in [5.41, 5.74) is 3.63. The number of hydrogen-bond donors (Lipinski definition) is 5. The summed E-state index contributed by atoms with van der Waals surface area (Å²) in [5.74, 6) is -0.0743. The van der Waals surface area contributed by atoms with E-state index in [-0.39, 0.29) is 30.2 Å². The van der Waals surface area contributed by atoms with E-state index in [1.165, 1.54) is 6.07 Å². The first-order valence-electron chi connectivity index (χ1n) is 11.6. The van der Waals surface area contributed by atoms with E-state index < -0.39 is 6.10 Å². The Morgan fingerprint density at radius 2 is 1.74 bits per heavy atom. The van der Waals surface area contributed by atoms with E-state index in [1.807, 2.05) is 36.4 Å². The van der Waals surface area contributed by atoms with E-state index >= 15 is 0 Å². The standard InChI is InChI=1S/C28H33ClN2O4/c1-28(2,31-17-26(34)22-10-11-25(33)23(13-22)18-32)15-19-6-5-7-20(12-19)16-30-27(35)14-21-8-3-4-9-24(21)29/h3-13,26,31-34H,14-18H2,1-2H3,(H,30,35)/t26-/m0/s1. The van der Waals surface area contributed by atoms with Crippen LogP contribution in [-0.2, 0) is 30.8 Å². The number of carbonyl (C=O) groups is 1. The first kappa shape index (κ1) is 26.7. The lowest BCUT2D eigenvalue weighted by molar-refractivity contribution is -0.120. The normalized spacial score (nSPS) is 12.4. The lowest BCUT2D eigenvalue weighted by atomic mass is 9.93. The maximum atomic E-state index is 12.3. The van der Waals surface area contributed by atoms with Crippen LogP contribution in [0.15, 0.2) is 66.7 Å². The smallest absolute Gasteiger partial charge is 0.224 e. The minimum absolute atomic E-state index is 0.0108. The highest BCUT2D eigenvalue weighted by Crippen LogP contribution is 2.23. The Kier molecular flexibility index (Phi) is 9.29. The maximum absolute atomic E-state index is 12.3. The molecule has 35 heavy (non-hydrogen) atoms. The van der Waals surface area contributed by atoms with Crippen molar-refractivity contribution in [2.24, 2.45) is 0 Å². The lowest BCUT2D eigenvalue weighted by Crippen LogP contribution is -2.43. The SMILES string of the molecule is CC(C)(Cc1cccc(CNC(=O)Cc2ccccc2Cl)c1)NC[C@H](O)c1ccc(O)c(CO)c1. The molecule has 7 heteroatoms. The minimum atomic E-state index is -0.778. The van der Waals surface area contributed by atoms with E-state index in [2.05, 4.69) is 30.5 Å². The maximum Gasteiger partial charge on any atom is 0.224 e. The fourth-order valence-electron chi connectivity index (χ4n) is 3.93. The molecule has 1 atom stereocenters. The Labute approximate surface area is 211 Å². The fourth-order valence-corrected chi connectivity index (χ4v) is 4.13. The number of phenols is 1. The van der Waals surface area contributed by atoms with Gasteiger partial charge in [0.25, 0.3) is 0 Å². The van der Waals surface area contributed by atoms with Gasteiger partial charge in [-0.3, -0.25) is 4.79 Å². The van der Waals surface area contributed by atoms with Crippen molar-refractivity contribution in [3.05, 3.63) is 99.6 Å². The summed E-state index contributed by atoms with van der Waals surface area (Å²) < 4.78 is 0. The van der Waals surface area contributed by atoms with Gasteiger partial charge in [-0.05, 0) is 60.7 Å². The molecule has 0 aliphatic rings. The van der Waals surface area contributed by atoms with Crippen LogP contribution < -0.4 is 10.6 Å². The number of β-amino-alcohol motifs (C(OH)–C–C–N with tert-alkyl or cyclic N) is 1. The first-order valence-corrected chi connectivity index (χ1v) is 12.0. The van der Waals surface area contributed by atoms with Crippen LogP contribution in [0.2, 0.25) is 5.02 Å². The molecule has 0 aliphatic heterocycles. The van der Waals surface area contributed by atoms with Gasteiger partial charge < -0.3 is 26.0 Å². The topological polar surface area (TPSA) is 102 Å². The van der Waals surface area contributed by atoms with Crippen LogP contribution in [0.1, 0.15) is 47.8 Å². The first-order chi connectivity index (χ1) is 16.7. The highest BCUT2D eigenvalue weighted by molar-refractivity contribution is 6.31. The number of hydrogen-bond acceptors (Lipinski definition) is 5. The van der Waals surface area contributed by atoms with Crippen LogP contribution >= 0.6 is 11.6 Å². The summed E-state index contributed by atoms with van der Waals surface area (Å²) in [7, 11) is 0. The average molecular weight is 497 g/mol. The van der Waals surface area contributed by atoms with Crippen molar-refractivity contribution in [1.29, 1.82) is 0 Å². The Bertz CT molecular complexity index is 1150. The molecule has 186 valence electrons. The number of rotatable bonds is 11. The van der Waals surface area contributed by atoms with Crippen molar-refractivity contribution < 1.29 is 20.1 Å². The van der Waals surface area contributed by atoms with Gasteiger partial charge in [0.1, 0.15) is 5.75 Å². The number of amides is 1. The van der Waals surface area contributed by atoms with Crippen LogP contribution in [0.25, 0.3) is 0 Å². The van der Waals surface area contributed by atoms with Crippen LogP contribution in [-0.4, -0.2) is 33.3 Å². The second kappa shape index (κ2) is 12.2. The molecule has 0 heterocycles. The molecule has 1 amide bonds. The van der Waals surface area contributed by atoms with Crippen molar-refractivity contribution in [1.82, 2.24) is 10.6 Å². The van der Waals surface area contributed by atoms with Crippen molar-refractivity contribution >= 4 is 17.5 Å². The molecule has 5 N–H and O–H groups in total. The third kappa shape index (κ3) is 8.08. The number of aliphatic hydroxyl groups excluding tert-OH is 2. The molecule has 3 aromatic rings. The summed E-state index contributed by atoms with van der Waals surface area (Å²) in [6.45, 7) is 4.59. The number of aromatic hydroxyl groups is 1. The van der Waals surface area contributed by atoms with E-state index in [4.69, 9.17) is 11.6 Å². The quantitative estimate of drug-likeness (QED) is 0.276. The van der Waals surface area contributed by atoms with Crippen LogP contribution in [0.5, 0.6) is 5.75 Å². The Balaban J connectivity index is 1.53. The monoisotopic (exact) mass is 496 g/mol. The van der Waals surface area contributed by atoms with Crippen LogP contribution in [0.4, 0.5) is 0 Å². The molecule has 0 aromatic heterocycles. The Hall–Kier alpha value is -2.90. The van der Waals surface area contributed by atoms with Gasteiger partial charge in [-0.15, -0.1) is 0 Å². The van der Waals surface area contributed by atoms with E-state index in [0.717, 1.165) is 23.1 Å². The van der Waals surface area contributed by atoms with Crippen molar-refractivity contribution in [3.63, 3.8) is 0 Å². The lowest BCUT2D eigenvalue weighted by Gasteiger charge is -2.28. The predicted molar refractivity (Wildman–Crippen MR) is 138 cm³/mol. The van der Waals surface area contributed by atoms with Crippen molar-refractivity contribution in [2.45, 2.75) is 51.5 Å². The molecule has 0 unspecified atom stereocenters. The van der Waals surface area contributed by atoms with Gasteiger partial charge in [-0.25, -0.2) is 0 Å². The Morgan fingerprint density at radius 1 is 1.00 bits per heavy atom. The molecule has 3 rings (SSSR count). The highest BCUT2D eigenvalue weighted by atomic mass is 35.5. The molecule has 6 nitrogen and oxygen atoms in total. The molecular formula is C28H33ClN2O4. The fraction of sp³-hybridized carbons (Fsp3) is 0.321. The highest BCUT2D eigenvalue weighted by Gasteiger charge is 2.20. The van der Waals surface area contributed by atoms with E-state index in [1.54, 1.807) is 18.2 Å². The second-order valence-corrected chi connectivity index (χ2v) is 9.78. The van der Waals surface area contributed by atoms with Gasteiger partial charge in [0.15, 0.2) is 0 Å². The zero-order valence-corrected chi connectivity index (χ0v) is 20.8. The van der Waals surface area contributed by atoms with Crippen molar-refractivity contribution in [2.75, 3.05) is 6.54 Å². The largest absolute Gasteiger partial charge is 0.508 e. The molecule has 0 bridgehead atoms. The summed E-state index contributed by atoms with van der Waals surface area (Å²) in [5, 5.41) is 36.6. The van der Waals surface area contributed by atoms with Crippen molar-refractivity contribution in [3.8, 4) is 5.75 Å². The molecule has 0 saturated carbocycles. The number of halogens is 1. The van der Waals surface area contributed by atoms with Gasteiger partial charge >= 0.3 is 0 Å². The Morgan fingerprint density at radius 3 is 2.49 bits per heavy atom. The molecule has 0 radical (unpaired) electrons. The van der Waals surface area contributed by atoms with Crippen LogP contribution in [0.3, 0.4) is 0 Å². The summed E-state index contributed by atoms with van der Waals surface area (Å²) in [6, 6.07) is 20.1. The van der Waals surface area contributed by atoms with Gasteiger partial charge in [-0.1, -0.05) is 60.1 Å². The molecule has 3 aromatic carbocycles. The third-order valence-electron chi connectivity index (χ3n) is 5.87. The predicted octanol–water partition coefficient (Wildman–Crippen LogP) is 4.04.